The Labute approximate surface area is 196 Å². The lowest BCUT2D eigenvalue weighted by atomic mass is 9.95. The van der Waals surface area contributed by atoms with Gasteiger partial charge in [0.05, 0.1) is 11.3 Å². The maximum atomic E-state index is 13.3. The third kappa shape index (κ3) is 6.38. The zero-order valence-corrected chi connectivity index (χ0v) is 19.7. The maximum Gasteiger partial charge on any atom is 0.273 e. The number of para-hydroxylation sites is 1. The molecule has 1 fully saturated rings. The van der Waals surface area contributed by atoms with Crippen molar-refractivity contribution < 1.29 is 14.5 Å². The number of nitrogens with zero attached hydrogens (tertiary/aromatic N) is 2. The molecule has 0 unspecified atom stereocenters. The van der Waals surface area contributed by atoms with Crippen LogP contribution >= 0.6 is 15.9 Å². The van der Waals surface area contributed by atoms with Crippen LogP contribution < -0.4 is 5.32 Å². The van der Waals surface area contributed by atoms with Gasteiger partial charge in [0, 0.05) is 28.7 Å². The molecule has 0 aromatic heterocycles. The van der Waals surface area contributed by atoms with E-state index in [9.17, 15) is 19.7 Å². The fourth-order valence-electron chi connectivity index (χ4n) is 4.04. The molecule has 0 radical (unpaired) electrons. The highest BCUT2D eigenvalue weighted by molar-refractivity contribution is 9.10. The minimum atomic E-state index is -0.698. The Balaban J connectivity index is 1.80. The van der Waals surface area contributed by atoms with Crippen molar-refractivity contribution in [1.29, 1.82) is 0 Å². The van der Waals surface area contributed by atoms with Gasteiger partial charge in [-0.3, -0.25) is 19.7 Å². The summed E-state index contributed by atoms with van der Waals surface area (Å²) in [7, 11) is 0. The second-order valence-corrected chi connectivity index (χ2v) is 9.15. The Morgan fingerprint density at radius 2 is 1.78 bits per heavy atom. The molecule has 1 N–H and O–H groups in total. The highest BCUT2D eigenvalue weighted by Gasteiger charge is 2.29. The van der Waals surface area contributed by atoms with E-state index in [0.29, 0.717) is 5.56 Å². The van der Waals surface area contributed by atoms with E-state index >= 15 is 0 Å². The summed E-state index contributed by atoms with van der Waals surface area (Å²) in [6.45, 7) is 1.96. The number of nitro benzene ring substituents is 1. The predicted octanol–water partition coefficient (Wildman–Crippen LogP) is 4.77. The quantitative estimate of drug-likeness (QED) is 0.416. The largest absolute Gasteiger partial charge is 0.352 e. The minimum Gasteiger partial charge on any atom is -0.352 e. The molecule has 3 rings (SSSR count). The molecule has 0 aliphatic heterocycles. The molecule has 0 bridgehead atoms. The smallest absolute Gasteiger partial charge is 0.273 e. The molecule has 1 aliphatic carbocycles. The average Bonchev–Trinajstić information content (AvgIpc) is 2.79. The molecule has 32 heavy (non-hydrogen) atoms. The number of rotatable bonds is 8. The topological polar surface area (TPSA) is 92.6 Å². The van der Waals surface area contributed by atoms with Crippen LogP contribution in [0.5, 0.6) is 0 Å². The first-order valence-electron chi connectivity index (χ1n) is 10.9. The summed E-state index contributed by atoms with van der Waals surface area (Å²) in [5, 5.41) is 14.5. The monoisotopic (exact) mass is 501 g/mol. The van der Waals surface area contributed by atoms with Crippen LogP contribution in [-0.2, 0) is 22.6 Å². The average molecular weight is 502 g/mol. The lowest BCUT2D eigenvalue weighted by Crippen LogP contribution is -2.50. The summed E-state index contributed by atoms with van der Waals surface area (Å²) in [5.41, 5.74) is 1.12. The van der Waals surface area contributed by atoms with E-state index in [-0.39, 0.29) is 36.5 Å². The van der Waals surface area contributed by atoms with Crippen molar-refractivity contribution in [1.82, 2.24) is 10.2 Å². The van der Waals surface area contributed by atoms with Crippen molar-refractivity contribution in [3.63, 3.8) is 0 Å². The van der Waals surface area contributed by atoms with Gasteiger partial charge < -0.3 is 10.2 Å². The van der Waals surface area contributed by atoms with Crippen LogP contribution in [0.2, 0.25) is 0 Å². The summed E-state index contributed by atoms with van der Waals surface area (Å²) in [5.74, 6) is -0.515. The fraction of sp³-hybridized carbons (Fsp3) is 0.417. The highest BCUT2D eigenvalue weighted by Crippen LogP contribution is 2.22. The summed E-state index contributed by atoms with van der Waals surface area (Å²) in [6, 6.07) is 13.2. The predicted molar refractivity (Wildman–Crippen MR) is 126 cm³/mol. The normalized spacial score (nSPS) is 15.1. The molecule has 2 amide bonds. The van der Waals surface area contributed by atoms with Gasteiger partial charge >= 0.3 is 0 Å². The molecular formula is C24H28BrN3O4. The van der Waals surface area contributed by atoms with Crippen LogP contribution in [0.15, 0.2) is 53.0 Å². The second-order valence-electron chi connectivity index (χ2n) is 8.23. The number of hydrogen-bond acceptors (Lipinski definition) is 4. The zero-order chi connectivity index (χ0) is 23.1. The number of nitro groups is 1. The number of hydrogen-bond donors (Lipinski definition) is 1. The van der Waals surface area contributed by atoms with Crippen LogP contribution in [0.3, 0.4) is 0 Å². The van der Waals surface area contributed by atoms with Gasteiger partial charge in [-0.05, 0) is 37.5 Å². The Hall–Kier alpha value is -2.74. The van der Waals surface area contributed by atoms with Crippen molar-refractivity contribution in [3.05, 3.63) is 74.2 Å². The Bertz CT molecular complexity index is 958. The molecule has 1 aliphatic rings. The van der Waals surface area contributed by atoms with Gasteiger partial charge in [-0.15, -0.1) is 0 Å². The summed E-state index contributed by atoms with van der Waals surface area (Å²) in [6.07, 6.45) is 5.14. The Morgan fingerprint density at radius 1 is 1.12 bits per heavy atom. The third-order valence-corrected chi connectivity index (χ3v) is 6.44. The van der Waals surface area contributed by atoms with Crippen LogP contribution in [0, 0.1) is 10.1 Å². The molecule has 1 saturated carbocycles. The van der Waals surface area contributed by atoms with E-state index in [1.54, 1.807) is 25.1 Å². The first-order valence-corrected chi connectivity index (χ1v) is 11.7. The minimum absolute atomic E-state index is 0.0937. The van der Waals surface area contributed by atoms with E-state index in [0.717, 1.165) is 35.7 Å². The summed E-state index contributed by atoms with van der Waals surface area (Å²) < 4.78 is 0.919. The van der Waals surface area contributed by atoms with E-state index < -0.39 is 11.0 Å². The molecule has 0 spiro atoms. The van der Waals surface area contributed by atoms with Crippen molar-refractivity contribution >= 4 is 33.4 Å². The molecule has 8 heteroatoms. The van der Waals surface area contributed by atoms with Gasteiger partial charge in [0.15, 0.2) is 0 Å². The van der Waals surface area contributed by atoms with Gasteiger partial charge in [-0.1, -0.05) is 65.5 Å². The first-order chi connectivity index (χ1) is 15.3. The van der Waals surface area contributed by atoms with Gasteiger partial charge in [0.2, 0.25) is 11.8 Å². The number of carbonyl (C=O) groups is 2. The number of halogens is 1. The van der Waals surface area contributed by atoms with Gasteiger partial charge in [-0.2, -0.15) is 0 Å². The lowest BCUT2D eigenvalue weighted by molar-refractivity contribution is -0.385. The number of nitrogens with one attached hydrogen (secondary N) is 1. The number of amides is 2. The fourth-order valence-corrected chi connectivity index (χ4v) is 4.31. The molecule has 0 heterocycles. The van der Waals surface area contributed by atoms with Gasteiger partial charge in [0.1, 0.15) is 6.04 Å². The van der Waals surface area contributed by atoms with Crippen LogP contribution in [0.4, 0.5) is 5.69 Å². The molecule has 2 aromatic rings. The van der Waals surface area contributed by atoms with E-state index in [4.69, 9.17) is 0 Å². The molecule has 7 nitrogen and oxygen atoms in total. The highest BCUT2D eigenvalue weighted by atomic mass is 79.9. The number of carbonyl (C=O) groups excluding carboxylic acids is 2. The second kappa shape index (κ2) is 11.2. The standard InChI is InChI=1S/C24H28BrN3O4/c1-17(24(30)26-21-8-3-2-4-9-21)27(16-18-11-13-20(25)14-12-18)23(29)15-19-7-5-6-10-22(19)28(31)32/h5-7,10-14,17,21H,2-4,8-9,15-16H2,1H3,(H,26,30)/t17-/m1/s1. The van der Waals surface area contributed by atoms with E-state index in [2.05, 4.69) is 21.2 Å². The molecule has 1 atom stereocenters. The van der Waals surface area contributed by atoms with Gasteiger partial charge in [-0.25, -0.2) is 0 Å². The molecule has 0 saturated heterocycles. The molecule has 2 aromatic carbocycles. The Kier molecular flexibility index (Phi) is 8.39. The Morgan fingerprint density at radius 3 is 2.44 bits per heavy atom. The van der Waals surface area contributed by atoms with Crippen LogP contribution in [0.25, 0.3) is 0 Å². The van der Waals surface area contributed by atoms with Crippen LogP contribution in [0.1, 0.15) is 50.2 Å². The van der Waals surface area contributed by atoms with E-state index in [1.165, 1.54) is 17.4 Å². The summed E-state index contributed by atoms with van der Waals surface area (Å²) in [4.78, 5) is 38.7. The molecule has 170 valence electrons. The van der Waals surface area contributed by atoms with Crippen molar-refractivity contribution in [2.24, 2.45) is 0 Å². The molecular weight excluding hydrogens is 474 g/mol. The summed E-state index contributed by atoms with van der Waals surface area (Å²) >= 11 is 3.41. The number of benzene rings is 2. The first kappa shape index (κ1) is 23.9. The van der Waals surface area contributed by atoms with Crippen molar-refractivity contribution in [3.8, 4) is 0 Å². The lowest BCUT2D eigenvalue weighted by Gasteiger charge is -2.31. The van der Waals surface area contributed by atoms with Crippen molar-refractivity contribution in [2.75, 3.05) is 0 Å². The van der Waals surface area contributed by atoms with Gasteiger partial charge in [0.25, 0.3) is 5.69 Å². The zero-order valence-electron chi connectivity index (χ0n) is 18.1. The van der Waals surface area contributed by atoms with Crippen LogP contribution in [-0.4, -0.2) is 33.7 Å². The third-order valence-electron chi connectivity index (χ3n) is 5.92. The van der Waals surface area contributed by atoms with Crippen molar-refractivity contribution in [2.45, 2.75) is 64.1 Å². The maximum absolute atomic E-state index is 13.3. The SMILES string of the molecule is C[C@H](C(=O)NC1CCCCC1)N(Cc1ccc(Br)cc1)C(=O)Cc1ccccc1[N+](=O)[O-]. The van der Waals surface area contributed by atoms with E-state index in [1.807, 2.05) is 24.3 Å².